The zero-order chi connectivity index (χ0) is 41.4. The van der Waals surface area contributed by atoms with Crippen LogP contribution >= 0.6 is 0 Å². The first kappa shape index (κ1) is 35.2. The average molecular weight is 806 g/mol. The number of hydrogen-bond donors (Lipinski definition) is 0. The van der Waals surface area contributed by atoms with Gasteiger partial charge in [-0.15, -0.1) is 0 Å². The molecule has 0 atom stereocenters. The SMILES string of the molecule is c1ccc(-c2ccc(-c3cccc4c3oc3c(-c5cccc6oc7ccc(-c8cccc(-c9ccc%10c(c9)c9ccccc9n%10-c9ccccc9)c8)cc7c56)ncnc34)cc2)cc1. The van der Waals surface area contributed by atoms with Gasteiger partial charge >= 0.3 is 0 Å². The Bertz CT molecular complexity index is 3900. The van der Waals surface area contributed by atoms with Crippen LogP contribution in [0, 0.1) is 0 Å². The summed E-state index contributed by atoms with van der Waals surface area (Å²) >= 11 is 0. The molecule has 0 unspecified atom stereocenters. The van der Waals surface area contributed by atoms with Crippen LogP contribution in [0.3, 0.4) is 0 Å². The second kappa shape index (κ2) is 14.0. The fourth-order valence-corrected chi connectivity index (χ4v) is 9.58. The number of rotatable bonds is 6. The summed E-state index contributed by atoms with van der Waals surface area (Å²) in [6, 6.07) is 72.9. The van der Waals surface area contributed by atoms with E-state index in [2.05, 4.69) is 193 Å². The minimum Gasteiger partial charge on any atom is -0.456 e. The smallest absolute Gasteiger partial charge is 0.180 e. The molecule has 9 aromatic carbocycles. The molecule has 0 N–H and O–H groups in total. The van der Waals surface area contributed by atoms with Crippen LogP contribution in [0.15, 0.2) is 221 Å². The molecule has 0 aliphatic rings. The van der Waals surface area contributed by atoms with Gasteiger partial charge in [0, 0.05) is 43.7 Å². The number of hydrogen-bond acceptors (Lipinski definition) is 4. The Morgan fingerprint density at radius 3 is 1.79 bits per heavy atom. The first-order chi connectivity index (χ1) is 31.2. The van der Waals surface area contributed by atoms with Gasteiger partial charge in [-0.2, -0.15) is 0 Å². The summed E-state index contributed by atoms with van der Waals surface area (Å²) in [5.41, 5.74) is 18.0. The highest BCUT2D eigenvalue weighted by atomic mass is 16.3. The molecular formula is C58H35N3O2. The summed E-state index contributed by atoms with van der Waals surface area (Å²) in [6.07, 6.45) is 1.64. The Balaban J connectivity index is 0.908. The third-order valence-electron chi connectivity index (χ3n) is 12.5. The fourth-order valence-electron chi connectivity index (χ4n) is 9.58. The van der Waals surface area contributed by atoms with Gasteiger partial charge in [0.05, 0.1) is 11.0 Å². The molecule has 5 heteroatoms. The van der Waals surface area contributed by atoms with E-state index in [4.69, 9.17) is 18.8 Å². The van der Waals surface area contributed by atoms with Crippen molar-refractivity contribution in [2.45, 2.75) is 0 Å². The van der Waals surface area contributed by atoms with Gasteiger partial charge in [0.15, 0.2) is 5.58 Å². The molecule has 4 aromatic heterocycles. The quantitative estimate of drug-likeness (QED) is 0.168. The predicted molar refractivity (Wildman–Crippen MR) is 258 cm³/mol. The molecule has 0 aliphatic heterocycles. The van der Waals surface area contributed by atoms with Crippen LogP contribution in [0.5, 0.6) is 0 Å². The molecule has 13 rings (SSSR count). The van der Waals surface area contributed by atoms with Crippen molar-refractivity contribution in [3.8, 4) is 61.5 Å². The monoisotopic (exact) mass is 805 g/mol. The average Bonchev–Trinajstić information content (AvgIpc) is 4.04. The Morgan fingerprint density at radius 2 is 0.952 bits per heavy atom. The summed E-state index contributed by atoms with van der Waals surface area (Å²) in [5, 5.41) is 5.42. The predicted octanol–water partition coefficient (Wildman–Crippen LogP) is 15.7. The van der Waals surface area contributed by atoms with E-state index in [1.165, 1.54) is 38.5 Å². The van der Waals surface area contributed by atoms with E-state index in [-0.39, 0.29) is 0 Å². The fraction of sp³-hybridized carbons (Fsp3) is 0. The minimum atomic E-state index is 0.649. The van der Waals surface area contributed by atoms with E-state index in [1.807, 2.05) is 18.2 Å². The Hall–Kier alpha value is -8.54. The third-order valence-corrected chi connectivity index (χ3v) is 12.5. The van der Waals surface area contributed by atoms with Crippen molar-refractivity contribution >= 4 is 65.8 Å². The van der Waals surface area contributed by atoms with Gasteiger partial charge in [-0.1, -0.05) is 146 Å². The highest BCUT2D eigenvalue weighted by Crippen LogP contribution is 2.43. The number of benzene rings is 9. The van der Waals surface area contributed by atoms with E-state index in [0.29, 0.717) is 5.58 Å². The van der Waals surface area contributed by atoms with Crippen molar-refractivity contribution < 1.29 is 8.83 Å². The Labute approximate surface area is 361 Å². The number of para-hydroxylation sites is 3. The van der Waals surface area contributed by atoms with Crippen LogP contribution in [0.1, 0.15) is 0 Å². The topological polar surface area (TPSA) is 57.0 Å². The van der Waals surface area contributed by atoms with Crippen molar-refractivity contribution in [1.29, 1.82) is 0 Å². The third kappa shape index (κ3) is 5.64. The van der Waals surface area contributed by atoms with Crippen molar-refractivity contribution in [1.82, 2.24) is 14.5 Å². The number of nitrogens with zero attached hydrogens (tertiary/aromatic N) is 3. The highest BCUT2D eigenvalue weighted by Gasteiger charge is 2.22. The maximum Gasteiger partial charge on any atom is 0.180 e. The Morgan fingerprint density at radius 1 is 0.349 bits per heavy atom. The van der Waals surface area contributed by atoms with Crippen LogP contribution < -0.4 is 0 Å². The summed E-state index contributed by atoms with van der Waals surface area (Å²) in [6.45, 7) is 0. The number of fused-ring (bicyclic) bond motifs is 9. The van der Waals surface area contributed by atoms with Crippen LogP contribution in [0.25, 0.3) is 127 Å². The molecule has 63 heavy (non-hydrogen) atoms. The van der Waals surface area contributed by atoms with Crippen LogP contribution in [0.2, 0.25) is 0 Å². The van der Waals surface area contributed by atoms with Gasteiger partial charge in [-0.3, -0.25) is 0 Å². The lowest BCUT2D eigenvalue weighted by molar-refractivity contribution is 0.667. The zero-order valence-electron chi connectivity index (χ0n) is 33.9. The minimum absolute atomic E-state index is 0.649. The van der Waals surface area contributed by atoms with E-state index >= 15 is 0 Å². The van der Waals surface area contributed by atoms with E-state index in [9.17, 15) is 0 Å². The molecular weight excluding hydrogens is 771 g/mol. The molecule has 0 aliphatic carbocycles. The number of furan rings is 2. The molecule has 0 spiro atoms. The summed E-state index contributed by atoms with van der Waals surface area (Å²) in [4.78, 5) is 9.67. The summed E-state index contributed by atoms with van der Waals surface area (Å²) in [7, 11) is 0. The molecule has 13 aromatic rings. The lowest BCUT2D eigenvalue weighted by Crippen LogP contribution is -1.92. The van der Waals surface area contributed by atoms with Crippen LogP contribution in [-0.2, 0) is 0 Å². The first-order valence-electron chi connectivity index (χ1n) is 21.2. The van der Waals surface area contributed by atoms with E-state index in [1.54, 1.807) is 6.33 Å². The van der Waals surface area contributed by atoms with Crippen molar-refractivity contribution in [3.05, 3.63) is 213 Å². The van der Waals surface area contributed by atoms with Crippen LogP contribution in [-0.4, -0.2) is 14.5 Å². The zero-order valence-corrected chi connectivity index (χ0v) is 33.9. The normalized spacial score (nSPS) is 11.8. The largest absolute Gasteiger partial charge is 0.456 e. The number of aromatic nitrogens is 3. The molecule has 0 saturated heterocycles. The lowest BCUT2D eigenvalue weighted by Gasteiger charge is -2.09. The molecule has 0 amide bonds. The van der Waals surface area contributed by atoms with Gasteiger partial charge in [-0.25, -0.2) is 9.97 Å². The molecule has 294 valence electrons. The summed E-state index contributed by atoms with van der Waals surface area (Å²) < 4.78 is 15.7. The molecule has 4 heterocycles. The maximum absolute atomic E-state index is 6.84. The second-order valence-electron chi connectivity index (χ2n) is 16.1. The van der Waals surface area contributed by atoms with Crippen molar-refractivity contribution in [2.24, 2.45) is 0 Å². The highest BCUT2D eigenvalue weighted by molar-refractivity contribution is 6.17. The maximum atomic E-state index is 6.84. The standard InChI is InChI=1S/C58H35N3O2/c1-3-12-36(13-4-1)37-24-26-38(27-25-37)44-19-10-21-47-56-58(63-57(44)47)55(59-35-60-56)46-20-11-23-53-54(46)49-34-42(29-31-52(49)62-53)40-15-9-14-39(32-40)41-28-30-51-48(33-41)45-18-7-8-22-50(45)61(51)43-16-5-2-6-17-43/h1-35H. The summed E-state index contributed by atoms with van der Waals surface area (Å²) in [5.74, 6) is 0. The van der Waals surface area contributed by atoms with E-state index < -0.39 is 0 Å². The molecule has 0 saturated carbocycles. The van der Waals surface area contributed by atoms with Gasteiger partial charge < -0.3 is 13.4 Å². The van der Waals surface area contributed by atoms with E-state index in [0.717, 1.165) is 83.2 Å². The Kier molecular flexibility index (Phi) is 7.84. The van der Waals surface area contributed by atoms with Gasteiger partial charge in [0.2, 0.25) is 0 Å². The van der Waals surface area contributed by atoms with Crippen molar-refractivity contribution in [3.63, 3.8) is 0 Å². The second-order valence-corrected chi connectivity index (χ2v) is 16.1. The molecule has 0 radical (unpaired) electrons. The first-order valence-corrected chi connectivity index (χ1v) is 21.2. The van der Waals surface area contributed by atoms with Crippen molar-refractivity contribution in [2.75, 3.05) is 0 Å². The van der Waals surface area contributed by atoms with Gasteiger partial charge in [-0.05, 0) is 99.6 Å². The molecule has 0 fully saturated rings. The van der Waals surface area contributed by atoms with Gasteiger partial charge in [0.25, 0.3) is 0 Å². The molecule has 0 bridgehead atoms. The van der Waals surface area contributed by atoms with Crippen LogP contribution in [0.4, 0.5) is 0 Å². The lowest BCUT2D eigenvalue weighted by atomic mass is 9.96. The molecule has 5 nitrogen and oxygen atoms in total. The van der Waals surface area contributed by atoms with Gasteiger partial charge in [0.1, 0.15) is 34.3 Å².